The van der Waals surface area contributed by atoms with E-state index in [1.165, 1.54) is 0 Å². The highest BCUT2D eigenvalue weighted by Gasteiger charge is 2.24. The van der Waals surface area contributed by atoms with Gasteiger partial charge < -0.3 is 15.4 Å². The van der Waals surface area contributed by atoms with Gasteiger partial charge in [0.25, 0.3) is 5.91 Å². The maximum Gasteiger partial charge on any atom is 0.258 e. The molecule has 2 rings (SSSR count). The van der Waals surface area contributed by atoms with Crippen LogP contribution in [-0.4, -0.2) is 29.4 Å². The first kappa shape index (κ1) is 19.7. The molecular weight excluding hydrogens is 354 g/mol. The molecule has 0 radical (unpaired) electrons. The molecule has 0 aliphatic heterocycles. The Kier molecular flexibility index (Phi) is 7.41. The van der Waals surface area contributed by atoms with Crippen molar-refractivity contribution in [3.8, 4) is 5.75 Å². The van der Waals surface area contributed by atoms with Crippen molar-refractivity contribution in [3.63, 3.8) is 0 Å². The fraction of sp³-hybridized carbons (Fsp3) is 0.316. The SMILES string of the molecule is CC(C)[C@@H](NC(=O)COc1ccc(Cl)cc1)C(=O)NCc1cccnc1. The molecule has 1 atom stereocenters. The van der Waals surface area contributed by atoms with Gasteiger partial charge in [0.1, 0.15) is 11.8 Å². The highest BCUT2D eigenvalue weighted by Crippen LogP contribution is 2.15. The molecular formula is C19H22ClN3O3. The molecule has 2 aromatic rings. The first-order chi connectivity index (χ1) is 12.5. The lowest BCUT2D eigenvalue weighted by atomic mass is 10.0. The Bertz CT molecular complexity index is 721. The van der Waals surface area contributed by atoms with Crippen molar-refractivity contribution in [2.24, 2.45) is 5.92 Å². The standard InChI is InChI=1S/C19H22ClN3O3/c1-13(2)18(19(25)22-11-14-4-3-9-21-10-14)23-17(24)12-26-16-7-5-15(20)6-8-16/h3-10,13,18H,11-12H2,1-2H3,(H,22,25)(H,23,24)/t18-/m1/s1. The third-order valence-corrected chi connectivity index (χ3v) is 3.89. The molecule has 1 aromatic carbocycles. The average Bonchev–Trinajstić information content (AvgIpc) is 2.64. The summed E-state index contributed by atoms with van der Waals surface area (Å²) >= 11 is 5.80. The van der Waals surface area contributed by atoms with Crippen molar-refractivity contribution in [1.82, 2.24) is 15.6 Å². The molecule has 138 valence electrons. The van der Waals surface area contributed by atoms with E-state index in [1.807, 2.05) is 19.9 Å². The number of rotatable bonds is 8. The third kappa shape index (κ3) is 6.37. The summed E-state index contributed by atoms with van der Waals surface area (Å²) < 4.78 is 5.40. The summed E-state index contributed by atoms with van der Waals surface area (Å²) in [4.78, 5) is 28.5. The second-order valence-corrected chi connectivity index (χ2v) is 6.55. The zero-order valence-corrected chi connectivity index (χ0v) is 15.5. The van der Waals surface area contributed by atoms with Crippen LogP contribution in [0.4, 0.5) is 0 Å². The van der Waals surface area contributed by atoms with Crippen molar-refractivity contribution in [2.75, 3.05) is 6.61 Å². The van der Waals surface area contributed by atoms with Crippen LogP contribution in [0.1, 0.15) is 19.4 Å². The van der Waals surface area contributed by atoms with Crippen molar-refractivity contribution in [3.05, 3.63) is 59.4 Å². The van der Waals surface area contributed by atoms with Gasteiger partial charge in [-0.3, -0.25) is 14.6 Å². The maximum absolute atomic E-state index is 12.4. The van der Waals surface area contributed by atoms with Gasteiger partial charge in [-0.15, -0.1) is 0 Å². The average molecular weight is 376 g/mol. The van der Waals surface area contributed by atoms with Crippen molar-refractivity contribution in [2.45, 2.75) is 26.4 Å². The van der Waals surface area contributed by atoms with Crippen molar-refractivity contribution >= 4 is 23.4 Å². The Morgan fingerprint density at radius 3 is 2.54 bits per heavy atom. The minimum atomic E-state index is -0.645. The zero-order valence-electron chi connectivity index (χ0n) is 14.7. The van der Waals surface area contributed by atoms with Crippen LogP contribution in [0.2, 0.25) is 5.02 Å². The lowest BCUT2D eigenvalue weighted by Crippen LogP contribution is -2.50. The van der Waals surface area contributed by atoms with Gasteiger partial charge in [0.15, 0.2) is 6.61 Å². The summed E-state index contributed by atoms with van der Waals surface area (Å²) in [6, 6.07) is 9.74. The van der Waals surface area contributed by atoms with Crippen LogP contribution >= 0.6 is 11.6 Å². The van der Waals surface area contributed by atoms with E-state index < -0.39 is 6.04 Å². The molecule has 0 saturated heterocycles. The minimum Gasteiger partial charge on any atom is -0.484 e. The number of amides is 2. The Labute approximate surface area is 157 Å². The molecule has 0 bridgehead atoms. The van der Waals surface area contributed by atoms with Gasteiger partial charge in [-0.2, -0.15) is 0 Å². The molecule has 2 amide bonds. The largest absolute Gasteiger partial charge is 0.484 e. The second kappa shape index (κ2) is 9.77. The van der Waals surface area contributed by atoms with E-state index in [1.54, 1.807) is 42.7 Å². The van der Waals surface area contributed by atoms with Gasteiger partial charge in [-0.1, -0.05) is 31.5 Å². The molecule has 0 aliphatic rings. The van der Waals surface area contributed by atoms with Crippen LogP contribution in [0.3, 0.4) is 0 Å². The lowest BCUT2D eigenvalue weighted by Gasteiger charge is -2.21. The first-order valence-electron chi connectivity index (χ1n) is 8.30. The van der Waals surface area contributed by atoms with E-state index in [9.17, 15) is 9.59 Å². The van der Waals surface area contributed by atoms with Crippen LogP contribution in [-0.2, 0) is 16.1 Å². The second-order valence-electron chi connectivity index (χ2n) is 6.11. The number of halogens is 1. The van der Waals surface area contributed by atoms with E-state index in [2.05, 4.69) is 15.6 Å². The summed E-state index contributed by atoms with van der Waals surface area (Å²) in [5.41, 5.74) is 0.890. The van der Waals surface area contributed by atoms with Crippen LogP contribution in [0.5, 0.6) is 5.75 Å². The van der Waals surface area contributed by atoms with Gasteiger partial charge >= 0.3 is 0 Å². The van der Waals surface area contributed by atoms with Crippen LogP contribution < -0.4 is 15.4 Å². The molecule has 2 N–H and O–H groups in total. The van der Waals surface area contributed by atoms with E-state index in [0.29, 0.717) is 17.3 Å². The van der Waals surface area contributed by atoms with Gasteiger partial charge in [0.05, 0.1) is 0 Å². The van der Waals surface area contributed by atoms with Gasteiger partial charge in [-0.25, -0.2) is 0 Å². The number of nitrogens with one attached hydrogen (secondary N) is 2. The fourth-order valence-corrected chi connectivity index (χ4v) is 2.36. The molecule has 0 spiro atoms. The third-order valence-electron chi connectivity index (χ3n) is 3.64. The van der Waals surface area contributed by atoms with E-state index >= 15 is 0 Å². The topological polar surface area (TPSA) is 80.3 Å². The summed E-state index contributed by atoms with van der Waals surface area (Å²) in [5.74, 6) is -0.145. The monoisotopic (exact) mass is 375 g/mol. The van der Waals surface area contributed by atoms with E-state index in [-0.39, 0.29) is 24.3 Å². The number of carbonyl (C=O) groups excluding carboxylic acids is 2. The minimum absolute atomic E-state index is 0.0663. The summed E-state index contributed by atoms with van der Waals surface area (Å²) in [5, 5.41) is 6.12. The van der Waals surface area contributed by atoms with Gasteiger partial charge in [-0.05, 0) is 41.8 Å². The fourth-order valence-electron chi connectivity index (χ4n) is 2.23. The Morgan fingerprint density at radius 1 is 1.19 bits per heavy atom. The first-order valence-corrected chi connectivity index (χ1v) is 8.68. The lowest BCUT2D eigenvalue weighted by molar-refractivity contribution is -0.131. The summed E-state index contributed by atoms with van der Waals surface area (Å²) in [6.45, 7) is 3.91. The van der Waals surface area contributed by atoms with E-state index in [0.717, 1.165) is 5.56 Å². The number of benzene rings is 1. The van der Waals surface area contributed by atoms with Crippen molar-refractivity contribution in [1.29, 1.82) is 0 Å². The summed E-state index contributed by atoms with van der Waals surface area (Å²) in [6.07, 6.45) is 3.35. The number of nitrogens with zero attached hydrogens (tertiary/aromatic N) is 1. The number of hydrogen-bond acceptors (Lipinski definition) is 4. The Balaban J connectivity index is 1.84. The smallest absolute Gasteiger partial charge is 0.258 e. The molecule has 26 heavy (non-hydrogen) atoms. The van der Waals surface area contributed by atoms with Gasteiger partial charge in [0.2, 0.25) is 5.91 Å². The zero-order chi connectivity index (χ0) is 18.9. The quantitative estimate of drug-likeness (QED) is 0.743. The van der Waals surface area contributed by atoms with Crippen LogP contribution in [0.15, 0.2) is 48.8 Å². The number of hydrogen-bond donors (Lipinski definition) is 2. The highest BCUT2D eigenvalue weighted by atomic mass is 35.5. The van der Waals surface area contributed by atoms with Crippen molar-refractivity contribution < 1.29 is 14.3 Å². The number of carbonyl (C=O) groups is 2. The molecule has 6 nitrogen and oxygen atoms in total. The molecule has 0 fully saturated rings. The van der Waals surface area contributed by atoms with Gasteiger partial charge in [0, 0.05) is 24.0 Å². The number of pyridine rings is 1. The highest BCUT2D eigenvalue weighted by molar-refractivity contribution is 6.30. The molecule has 1 aromatic heterocycles. The Morgan fingerprint density at radius 2 is 1.92 bits per heavy atom. The summed E-state index contributed by atoms with van der Waals surface area (Å²) in [7, 11) is 0. The molecule has 1 heterocycles. The maximum atomic E-state index is 12.4. The molecule has 7 heteroatoms. The number of aromatic nitrogens is 1. The molecule has 0 unspecified atom stereocenters. The van der Waals surface area contributed by atoms with Crippen LogP contribution in [0.25, 0.3) is 0 Å². The number of ether oxygens (including phenoxy) is 1. The Hall–Kier alpha value is -2.60. The predicted molar refractivity (Wildman–Crippen MR) is 99.8 cm³/mol. The van der Waals surface area contributed by atoms with Crippen LogP contribution in [0, 0.1) is 5.92 Å². The molecule has 0 aliphatic carbocycles. The van der Waals surface area contributed by atoms with E-state index in [4.69, 9.17) is 16.3 Å². The predicted octanol–water partition coefficient (Wildman–Crippen LogP) is 2.57. The molecule has 0 saturated carbocycles. The normalized spacial score (nSPS) is 11.7.